The molecule has 202 valence electrons. The van der Waals surface area contributed by atoms with E-state index in [4.69, 9.17) is 11.6 Å². The second-order valence-corrected chi connectivity index (χ2v) is 12.5. The second kappa shape index (κ2) is 11.6. The number of hydrogen-bond acceptors (Lipinski definition) is 5. The van der Waals surface area contributed by atoms with Gasteiger partial charge in [0.05, 0.1) is 11.5 Å². The van der Waals surface area contributed by atoms with Gasteiger partial charge in [0, 0.05) is 47.6 Å². The number of hydrogen-bond donors (Lipinski definition) is 2. The standard InChI is InChI=1S/C28H36ClF2N3O2S/c29-26(35)20-3-1-19(2-4-20)16-34-11-7-18(8-12-34)15-32-24-14-23(24)25-13-21(17-37-25)27(36)33-22-5-9-28(30,31)10-6-22/h1-3,13,17-18,20,22-24,32H,4-12,14-16H2,(H,33,36)/t20?,23-,24-/m1/s1. The molecule has 1 aromatic heterocycles. The Hall–Kier alpha value is -1.61. The quantitative estimate of drug-likeness (QED) is 0.399. The van der Waals surface area contributed by atoms with E-state index in [-0.39, 0.29) is 36.0 Å². The van der Waals surface area contributed by atoms with Crippen molar-refractivity contribution in [2.75, 3.05) is 26.2 Å². The van der Waals surface area contributed by atoms with Crippen molar-refractivity contribution in [3.8, 4) is 0 Å². The lowest BCUT2D eigenvalue weighted by molar-refractivity contribution is -0.113. The minimum atomic E-state index is -2.58. The van der Waals surface area contributed by atoms with Crippen molar-refractivity contribution in [1.82, 2.24) is 15.5 Å². The van der Waals surface area contributed by atoms with Crippen LogP contribution in [-0.4, -0.2) is 60.2 Å². The number of rotatable bonds is 9. The summed E-state index contributed by atoms with van der Waals surface area (Å²) in [5, 5.41) is 8.31. The van der Waals surface area contributed by atoms with Crippen LogP contribution in [0.25, 0.3) is 0 Å². The Morgan fingerprint density at radius 1 is 1.16 bits per heavy atom. The van der Waals surface area contributed by atoms with Gasteiger partial charge in [-0.1, -0.05) is 18.2 Å². The maximum atomic E-state index is 13.4. The molecule has 3 atom stereocenters. The lowest BCUT2D eigenvalue weighted by atomic mass is 9.92. The minimum Gasteiger partial charge on any atom is -0.349 e. The third-order valence-corrected chi connectivity index (χ3v) is 9.69. The third kappa shape index (κ3) is 7.28. The molecule has 1 saturated heterocycles. The smallest absolute Gasteiger partial charge is 0.252 e. The van der Waals surface area contributed by atoms with Gasteiger partial charge in [0.15, 0.2) is 0 Å². The number of alkyl halides is 2. The number of halogens is 3. The van der Waals surface area contributed by atoms with Crippen LogP contribution in [0.5, 0.6) is 0 Å². The molecule has 2 N–H and O–H groups in total. The van der Waals surface area contributed by atoms with E-state index in [1.54, 1.807) is 11.3 Å². The molecule has 4 aliphatic rings. The highest BCUT2D eigenvalue weighted by Crippen LogP contribution is 2.44. The summed E-state index contributed by atoms with van der Waals surface area (Å²) in [5.41, 5.74) is 1.93. The fraction of sp³-hybridized carbons (Fsp3) is 0.643. The fourth-order valence-electron chi connectivity index (χ4n) is 5.73. The number of thiophene rings is 1. The van der Waals surface area contributed by atoms with Gasteiger partial charge < -0.3 is 10.6 Å². The summed E-state index contributed by atoms with van der Waals surface area (Å²) in [6, 6.07) is 2.31. The van der Waals surface area contributed by atoms with Crippen LogP contribution in [0, 0.1) is 11.8 Å². The largest absolute Gasteiger partial charge is 0.349 e. The van der Waals surface area contributed by atoms with Gasteiger partial charge in [0.25, 0.3) is 5.91 Å². The molecule has 0 bridgehead atoms. The van der Waals surface area contributed by atoms with Gasteiger partial charge in [-0.2, -0.15) is 0 Å². The molecule has 1 aromatic rings. The van der Waals surface area contributed by atoms with Crippen LogP contribution >= 0.6 is 22.9 Å². The number of allylic oxidation sites excluding steroid dienone is 2. The zero-order valence-electron chi connectivity index (χ0n) is 21.1. The Kier molecular flexibility index (Phi) is 8.49. The molecule has 9 heteroatoms. The third-order valence-electron chi connectivity index (χ3n) is 8.34. The Morgan fingerprint density at radius 3 is 2.59 bits per heavy atom. The van der Waals surface area contributed by atoms with E-state index in [0.717, 1.165) is 32.6 Å². The number of nitrogens with one attached hydrogen (secondary N) is 2. The van der Waals surface area contributed by atoms with Crippen molar-refractivity contribution in [3.63, 3.8) is 0 Å². The second-order valence-electron chi connectivity index (χ2n) is 11.2. The van der Waals surface area contributed by atoms with E-state index in [1.807, 2.05) is 23.6 Å². The summed E-state index contributed by atoms with van der Waals surface area (Å²) in [5.74, 6) is -1.74. The van der Waals surface area contributed by atoms with E-state index >= 15 is 0 Å². The van der Waals surface area contributed by atoms with Crippen molar-refractivity contribution < 1.29 is 18.4 Å². The first-order valence-corrected chi connectivity index (χ1v) is 14.8. The molecule has 3 aliphatic carbocycles. The molecule has 0 aromatic carbocycles. The maximum Gasteiger partial charge on any atom is 0.252 e. The topological polar surface area (TPSA) is 61.4 Å². The van der Waals surface area contributed by atoms with Crippen LogP contribution in [0.1, 0.15) is 72.5 Å². The van der Waals surface area contributed by atoms with Gasteiger partial charge in [0.1, 0.15) is 0 Å². The summed E-state index contributed by atoms with van der Waals surface area (Å²) in [7, 11) is 0. The SMILES string of the molecule is O=C(NC1CCC(F)(F)CC1)c1csc([C@@H]2C[C@H]2NCC2CCN(CC3=CCC(C(=O)Cl)C=C3)CC2)c1. The van der Waals surface area contributed by atoms with Crippen LogP contribution in [-0.2, 0) is 4.79 Å². The Morgan fingerprint density at radius 2 is 1.92 bits per heavy atom. The number of nitrogens with zero attached hydrogens (tertiary/aromatic N) is 1. The van der Waals surface area contributed by atoms with E-state index < -0.39 is 5.92 Å². The van der Waals surface area contributed by atoms with Crippen LogP contribution in [0.2, 0.25) is 0 Å². The van der Waals surface area contributed by atoms with Crippen LogP contribution < -0.4 is 10.6 Å². The summed E-state index contributed by atoms with van der Waals surface area (Å²) >= 11 is 7.22. The zero-order valence-corrected chi connectivity index (χ0v) is 22.6. The van der Waals surface area contributed by atoms with Crippen LogP contribution in [0.15, 0.2) is 35.2 Å². The van der Waals surface area contributed by atoms with Gasteiger partial charge in [-0.25, -0.2) is 8.78 Å². The summed E-state index contributed by atoms with van der Waals surface area (Å²) in [6.07, 6.45) is 10.7. The Balaban J connectivity index is 0.988. The number of amides is 1. The highest BCUT2D eigenvalue weighted by Gasteiger charge is 2.40. The highest BCUT2D eigenvalue weighted by molar-refractivity contribution is 7.10. The van der Waals surface area contributed by atoms with Crippen LogP contribution in [0.3, 0.4) is 0 Å². The monoisotopic (exact) mass is 551 g/mol. The average molecular weight is 552 g/mol. The summed E-state index contributed by atoms with van der Waals surface area (Å²) < 4.78 is 26.7. The first kappa shape index (κ1) is 27.0. The molecule has 2 heterocycles. The number of likely N-dealkylation sites (tertiary alicyclic amines) is 1. The number of carbonyl (C=O) groups excluding carboxylic acids is 2. The first-order chi connectivity index (χ1) is 17.8. The van der Waals surface area contributed by atoms with Crippen molar-refractivity contribution in [1.29, 1.82) is 0 Å². The summed E-state index contributed by atoms with van der Waals surface area (Å²) in [4.78, 5) is 27.6. The van der Waals surface area contributed by atoms with Crippen molar-refractivity contribution in [2.24, 2.45) is 11.8 Å². The molecular weight excluding hydrogens is 516 g/mol. The lowest BCUT2D eigenvalue weighted by Gasteiger charge is -2.32. The zero-order chi connectivity index (χ0) is 26.0. The molecule has 2 saturated carbocycles. The van der Waals surface area contributed by atoms with E-state index in [1.165, 1.54) is 23.3 Å². The minimum absolute atomic E-state index is 0.138. The number of carbonyl (C=O) groups is 2. The molecule has 0 spiro atoms. The lowest BCUT2D eigenvalue weighted by Crippen LogP contribution is -2.40. The fourth-order valence-corrected chi connectivity index (χ4v) is 6.96. The van der Waals surface area contributed by atoms with E-state index in [0.29, 0.717) is 42.7 Å². The van der Waals surface area contributed by atoms with E-state index in [9.17, 15) is 18.4 Å². The molecule has 5 nitrogen and oxygen atoms in total. The Labute approximate surface area is 226 Å². The van der Waals surface area contributed by atoms with Gasteiger partial charge >= 0.3 is 0 Å². The Bertz CT molecular complexity index is 1040. The van der Waals surface area contributed by atoms with Gasteiger partial charge in [-0.05, 0) is 87.3 Å². The number of piperidine rings is 1. The van der Waals surface area contributed by atoms with Crippen LogP contribution in [0.4, 0.5) is 8.78 Å². The molecule has 1 unspecified atom stereocenters. The normalized spacial score (nSPS) is 28.6. The molecular formula is C28H36ClF2N3O2S. The molecule has 37 heavy (non-hydrogen) atoms. The predicted molar refractivity (Wildman–Crippen MR) is 143 cm³/mol. The van der Waals surface area contributed by atoms with Crippen molar-refractivity contribution >= 4 is 34.1 Å². The van der Waals surface area contributed by atoms with Crippen molar-refractivity contribution in [2.45, 2.75) is 75.3 Å². The molecule has 1 aliphatic heterocycles. The summed E-state index contributed by atoms with van der Waals surface area (Å²) in [6.45, 7) is 4.14. The van der Waals surface area contributed by atoms with E-state index in [2.05, 4.69) is 21.6 Å². The molecule has 5 rings (SSSR count). The first-order valence-electron chi connectivity index (χ1n) is 13.6. The van der Waals surface area contributed by atoms with Crippen molar-refractivity contribution in [3.05, 3.63) is 45.7 Å². The molecule has 3 fully saturated rings. The maximum absolute atomic E-state index is 13.4. The van der Waals surface area contributed by atoms with Gasteiger partial charge in [-0.3, -0.25) is 14.5 Å². The highest BCUT2D eigenvalue weighted by atomic mass is 35.5. The van der Waals surface area contributed by atoms with Gasteiger partial charge in [0.2, 0.25) is 11.2 Å². The molecule has 1 amide bonds. The molecule has 0 radical (unpaired) electrons. The van der Waals surface area contributed by atoms with Gasteiger partial charge in [-0.15, -0.1) is 11.3 Å². The predicted octanol–water partition coefficient (Wildman–Crippen LogP) is 5.48. The average Bonchev–Trinajstić information content (AvgIpc) is 3.49.